The number of imidazole rings is 1. The zero-order valence-electron chi connectivity index (χ0n) is 17.9. The predicted octanol–water partition coefficient (Wildman–Crippen LogP) is 3.82. The normalized spacial score (nSPS) is 16.1. The Morgan fingerprint density at radius 1 is 1.00 bits per heavy atom. The number of nitrogens with zero attached hydrogens (tertiary/aromatic N) is 2. The van der Waals surface area contributed by atoms with Gasteiger partial charge < -0.3 is 10.3 Å². The highest BCUT2D eigenvalue weighted by Crippen LogP contribution is 2.25. The van der Waals surface area contributed by atoms with Gasteiger partial charge in [-0.2, -0.15) is 0 Å². The minimum atomic E-state index is -3.26. The van der Waals surface area contributed by atoms with Gasteiger partial charge >= 0.3 is 0 Å². The van der Waals surface area contributed by atoms with Crippen molar-refractivity contribution in [2.75, 3.05) is 16.6 Å². The van der Waals surface area contributed by atoms with Crippen molar-refractivity contribution in [2.24, 2.45) is 0 Å². The standard InChI is InChI=1S/C25H24N4O3S/c30-25(19-11-13-20(14-12-19)29-15-6-16-33(29,31)32)28-23(17-18-7-2-1-3-8-18)24-26-21-9-4-5-10-22(21)27-24/h1-5,7-14,23H,6,15-17H2,(H,26,27)(H,28,30)/t23-/m0/s1. The van der Waals surface area contributed by atoms with E-state index in [0.717, 1.165) is 16.6 Å². The number of nitrogens with one attached hydrogen (secondary N) is 2. The fraction of sp³-hybridized carbons (Fsp3) is 0.200. The molecule has 2 N–H and O–H groups in total. The third-order valence-corrected chi connectivity index (χ3v) is 7.71. The summed E-state index contributed by atoms with van der Waals surface area (Å²) in [4.78, 5) is 21.1. The van der Waals surface area contributed by atoms with Gasteiger partial charge in [0.05, 0.1) is 28.5 Å². The molecule has 0 radical (unpaired) electrons. The van der Waals surface area contributed by atoms with Crippen LogP contribution in [-0.4, -0.2) is 36.6 Å². The maximum Gasteiger partial charge on any atom is 0.251 e. The summed E-state index contributed by atoms with van der Waals surface area (Å²) in [6.07, 6.45) is 1.19. The van der Waals surface area contributed by atoms with Gasteiger partial charge in [-0.1, -0.05) is 42.5 Å². The highest BCUT2D eigenvalue weighted by molar-refractivity contribution is 7.93. The largest absolute Gasteiger partial charge is 0.342 e. The van der Waals surface area contributed by atoms with Crippen molar-refractivity contribution >= 4 is 32.7 Å². The van der Waals surface area contributed by atoms with Crippen molar-refractivity contribution in [1.82, 2.24) is 15.3 Å². The number of sulfonamides is 1. The Labute approximate surface area is 192 Å². The number of H-pyrrole nitrogens is 1. The summed E-state index contributed by atoms with van der Waals surface area (Å²) in [5.41, 5.74) is 3.89. The van der Waals surface area contributed by atoms with E-state index in [0.29, 0.717) is 36.5 Å². The van der Waals surface area contributed by atoms with Crippen LogP contribution in [0.25, 0.3) is 11.0 Å². The van der Waals surface area contributed by atoms with Gasteiger partial charge in [-0.15, -0.1) is 0 Å². The van der Waals surface area contributed by atoms with E-state index in [9.17, 15) is 13.2 Å². The zero-order valence-corrected chi connectivity index (χ0v) is 18.8. The lowest BCUT2D eigenvalue weighted by atomic mass is 10.0. The summed E-state index contributed by atoms with van der Waals surface area (Å²) >= 11 is 0. The van der Waals surface area contributed by atoms with E-state index in [2.05, 4.69) is 10.3 Å². The second kappa shape index (κ2) is 8.71. The van der Waals surface area contributed by atoms with Crippen LogP contribution in [0.2, 0.25) is 0 Å². The number of aromatic nitrogens is 2. The lowest BCUT2D eigenvalue weighted by molar-refractivity contribution is 0.0935. The zero-order chi connectivity index (χ0) is 22.8. The Kier molecular flexibility index (Phi) is 5.60. The van der Waals surface area contributed by atoms with Gasteiger partial charge in [-0.05, 0) is 54.8 Å². The van der Waals surface area contributed by atoms with E-state index in [4.69, 9.17) is 4.98 Å². The van der Waals surface area contributed by atoms with Crippen molar-refractivity contribution in [3.8, 4) is 0 Å². The van der Waals surface area contributed by atoms with E-state index < -0.39 is 10.0 Å². The molecule has 33 heavy (non-hydrogen) atoms. The Morgan fingerprint density at radius 2 is 1.73 bits per heavy atom. The van der Waals surface area contributed by atoms with Gasteiger partial charge in [-0.3, -0.25) is 9.10 Å². The third-order valence-electron chi connectivity index (χ3n) is 5.84. The molecule has 1 atom stereocenters. The Morgan fingerprint density at radius 3 is 2.42 bits per heavy atom. The maximum atomic E-state index is 13.1. The van der Waals surface area contributed by atoms with Gasteiger partial charge in [0.2, 0.25) is 10.0 Å². The summed E-state index contributed by atoms with van der Waals surface area (Å²) < 4.78 is 25.7. The van der Waals surface area contributed by atoms with Crippen LogP contribution in [0.5, 0.6) is 0 Å². The molecule has 0 bridgehead atoms. The molecule has 4 aromatic rings. The Hall–Kier alpha value is -3.65. The molecule has 168 valence electrons. The molecule has 1 aliphatic rings. The van der Waals surface area contributed by atoms with Crippen LogP contribution < -0.4 is 9.62 Å². The van der Waals surface area contributed by atoms with Gasteiger partial charge in [-0.25, -0.2) is 13.4 Å². The second-order valence-electron chi connectivity index (χ2n) is 8.14. The van der Waals surface area contributed by atoms with E-state index in [1.807, 2.05) is 54.6 Å². The topological polar surface area (TPSA) is 95.2 Å². The molecule has 5 rings (SSSR count). The van der Waals surface area contributed by atoms with Crippen molar-refractivity contribution in [3.05, 3.63) is 95.8 Å². The van der Waals surface area contributed by atoms with Crippen LogP contribution in [-0.2, 0) is 16.4 Å². The summed E-state index contributed by atoms with van der Waals surface area (Å²) in [7, 11) is -3.26. The first kappa shape index (κ1) is 21.2. The van der Waals surface area contributed by atoms with Crippen LogP contribution in [0, 0.1) is 0 Å². The van der Waals surface area contributed by atoms with Gasteiger partial charge in [0, 0.05) is 12.1 Å². The van der Waals surface area contributed by atoms with E-state index in [1.54, 1.807) is 24.3 Å². The summed E-state index contributed by atoms with van der Waals surface area (Å²) in [5.74, 6) is 0.605. The van der Waals surface area contributed by atoms with Crippen molar-refractivity contribution in [2.45, 2.75) is 18.9 Å². The molecule has 0 saturated carbocycles. The number of aromatic amines is 1. The Balaban J connectivity index is 1.39. The van der Waals surface area contributed by atoms with Crippen molar-refractivity contribution in [1.29, 1.82) is 0 Å². The molecular weight excluding hydrogens is 436 g/mol. The highest BCUT2D eigenvalue weighted by atomic mass is 32.2. The van der Waals surface area contributed by atoms with Crippen LogP contribution in [0.1, 0.15) is 34.2 Å². The minimum Gasteiger partial charge on any atom is -0.342 e. The molecule has 8 heteroatoms. The molecule has 0 unspecified atom stereocenters. The number of fused-ring (bicyclic) bond motifs is 1. The molecule has 1 amide bonds. The summed E-state index contributed by atoms with van der Waals surface area (Å²) in [6, 6.07) is 24.0. The molecule has 1 aliphatic heterocycles. The molecule has 0 spiro atoms. The quantitative estimate of drug-likeness (QED) is 0.457. The molecule has 3 aromatic carbocycles. The number of carbonyl (C=O) groups excluding carboxylic acids is 1. The molecule has 1 aromatic heterocycles. The number of amides is 1. The fourth-order valence-electron chi connectivity index (χ4n) is 4.15. The van der Waals surface area contributed by atoms with Gasteiger partial charge in [0.25, 0.3) is 5.91 Å². The molecule has 0 aliphatic carbocycles. The summed E-state index contributed by atoms with van der Waals surface area (Å²) in [5, 5.41) is 3.10. The maximum absolute atomic E-state index is 13.1. The van der Waals surface area contributed by atoms with Crippen molar-refractivity contribution < 1.29 is 13.2 Å². The monoisotopic (exact) mass is 460 g/mol. The van der Waals surface area contributed by atoms with E-state index in [-0.39, 0.29) is 17.7 Å². The first-order valence-electron chi connectivity index (χ1n) is 10.9. The minimum absolute atomic E-state index is 0.161. The number of anilines is 1. The van der Waals surface area contributed by atoms with E-state index in [1.165, 1.54) is 4.31 Å². The molecule has 1 fully saturated rings. The lowest BCUT2D eigenvalue weighted by Gasteiger charge is -2.19. The molecule has 2 heterocycles. The van der Waals surface area contributed by atoms with Crippen LogP contribution >= 0.6 is 0 Å². The van der Waals surface area contributed by atoms with Crippen LogP contribution in [0.3, 0.4) is 0 Å². The number of rotatable bonds is 6. The molecule has 7 nitrogen and oxygen atoms in total. The number of benzene rings is 3. The second-order valence-corrected chi connectivity index (χ2v) is 10.2. The van der Waals surface area contributed by atoms with Crippen molar-refractivity contribution in [3.63, 3.8) is 0 Å². The van der Waals surface area contributed by atoms with E-state index >= 15 is 0 Å². The number of para-hydroxylation sites is 2. The summed E-state index contributed by atoms with van der Waals surface area (Å²) in [6.45, 7) is 0.471. The first-order valence-corrected chi connectivity index (χ1v) is 12.5. The first-order chi connectivity index (χ1) is 16.0. The average molecular weight is 461 g/mol. The SMILES string of the molecule is O=C(N[C@@H](Cc1ccccc1)c1nc2ccccc2[nH]1)c1ccc(N2CCCS2(=O)=O)cc1. The molecular formula is C25H24N4O3S. The van der Waals surface area contributed by atoms with Gasteiger partial charge in [0.1, 0.15) is 5.82 Å². The number of hydrogen-bond donors (Lipinski definition) is 2. The Bertz CT molecular complexity index is 1350. The van der Waals surface area contributed by atoms with Gasteiger partial charge in [0.15, 0.2) is 0 Å². The molecule has 1 saturated heterocycles. The lowest BCUT2D eigenvalue weighted by Crippen LogP contribution is -2.31. The van der Waals surface area contributed by atoms with Crippen LogP contribution in [0.4, 0.5) is 5.69 Å². The average Bonchev–Trinajstić information content (AvgIpc) is 3.42. The fourth-order valence-corrected chi connectivity index (χ4v) is 5.72. The highest BCUT2D eigenvalue weighted by Gasteiger charge is 2.28. The number of carbonyl (C=O) groups is 1. The number of hydrogen-bond acceptors (Lipinski definition) is 4. The third kappa shape index (κ3) is 4.47. The predicted molar refractivity (Wildman–Crippen MR) is 129 cm³/mol. The van der Waals surface area contributed by atoms with Crippen LogP contribution in [0.15, 0.2) is 78.9 Å². The smallest absolute Gasteiger partial charge is 0.251 e.